The zero-order valence-corrected chi connectivity index (χ0v) is 6.80. The standard InChI is InChI=1S/C5H13N.B.3FH/c1-5(2,3)6-4;;;;/h6H,1-4H3;;3*1H. The molecule has 1 nitrogen and oxygen atoms in total. The summed E-state index contributed by atoms with van der Waals surface area (Å²) in [5, 5.41) is 3.10. The topological polar surface area (TPSA) is 12.0 Å². The van der Waals surface area contributed by atoms with E-state index >= 15 is 0 Å². The van der Waals surface area contributed by atoms with Gasteiger partial charge >= 0.3 is 0 Å². The molecule has 0 fully saturated rings. The zero-order chi connectivity index (χ0) is 5.21. The van der Waals surface area contributed by atoms with Crippen molar-refractivity contribution < 1.29 is 14.1 Å². The van der Waals surface area contributed by atoms with E-state index in [1.54, 1.807) is 0 Å². The first-order valence-corrected chi connectivity index (χ1v) is 2.25. The van der Waals surface area contributed by atoms with Crippen molar-refractivity contribution in [1.29, 1.82) is 0 Å². The molecule has 0 atom stereocenters. The summed E-state index contributed by atoms with van der Waals surface area (Å²) in [6.07, 6.45) is 0. The van der Waals surface area contributed by atoms with Gasteiger partial charge in [-0.3, -0.25) is 14.1 Å². The van der Waals surface area contributed by atoms with Gasteiger partial charge in [0.1, 0.15) is 0 Å². The summed E-state index contributed by atoms with van der Waals surface area (Å²) in [7, 11) is 1.96. The average molecular weight is 158 g/mol. The summed E-state index contributed by atoms with van der Waals surface area (Å²) in [6.45, 7) is 6.40. The molecule has 3 radical (unpaired) electrons. The van der Waals surface area contributed by atoms with Crippen molar-refractivity contribution in [2.24, 2.45) is 0 Å². The largest absolute Gasteiger partial charge is 0.315 e. The van der Waals surface area contributed by atoms with Crippen LogP contribution in [0.2, 0.25) is 0 Å². The minimum Gasteiger partial charge on any atom is -0.315 e. The molecular formula is C5H16BF3N. The fourth-order valence-electron chi connectivity index (χ4n) is 0. The lowest BCUT2D eigenvalue weighted by atomic mass is 10.1. The zero-order valence-electron chi connectivity index (χ0n) is 6.80. The quantitative estimate of drug-likeness (QED) is 0.520. The lowest BCUT2D eigenvalue weighted by Crippen LogP contribution is -2.31. The van der Waals surface area contributed by atoms with E-state index in [9.17, 15) is 0 Å². The molecule has 1 N–H and O–H groups in total. The lowest BCUT2D eigenvalue weighted by molar-refractivity contribution is 0.469. The van der Waals surface area contributed by atoms with E-state index in [2.05, 4.69) is 26.1 Å². The minimum atomic E-state index is 0. The van der Waals surface area contributed by atoms with Crippen molar-refractivity contribution in [3.8, 4) is 0 Å². The molecular weight excluding hydrogens is 142 g/mol. The Balaban J connectivity index is -0.0000000208. The number of hydrogen-bond donors (Lipinski definition) is 1. The van der Waals surface area contributed by atoms with Crippen molar-refractivity contribution in [2.75, 3.05) is 7.05 Å². The van der Waals surface area contributed by atoms with Crippen LogP contribution in [0.1, 0.15) is 20.8 Å². The van der Waals surface area contributed by atoms with Crippen LogP contribution in [0.5, 0.6) is 0 Å². The predicted octanol–water partition coefficient (Wildman–Crippen LogP) is 1.08. The second kappa shape index (κ2) is 11.6. The minimum absolute atomic E-state index is 0. The van der Waals surface area contributed by atoms with E-state index < -0.39 is 0 Å². The van der Waals surface area contributed by atoms with E-state index in [4.69, 9.17) is 0 Å². The number of rotatable bonds is 0. The van der Waals surface area contributed by atoms with E-state index in [0.29, 0.717) is 5.54 Å². The summed E-state index contributed by atoms with van der Waals surface area (Å²) in [5.74, 6) is 0. The van der Waals surface area contributed by atoms with E-state index in [-0.39, 0.29) is 22.5 Å². The van der Waals surface area contributed by atoms with Gasteiger partial charge in [-0.05, 0) is 27.8 Å². The molecule has 0 aromatic carbocycles. The first-order valence-electron chi connectivity index (χ1n) is 2.25. The van der Waals surface area contributed by atoms with Gasteiger partial charge in [-0.15, -0.1) is 0 Å². The van der Waals surface area contributed by atoms with Gasteiger partial charge in [-0.25, -0.2) is 0 Å². The second-order valence-corrected chi connectivity index (χ2v) is 2.50. The Hall–Kier alpha value is -0.185. The smallest absolute Gasteiger partial charge is 0.00935 e. The Labute approximate surface area is 62.3 Å². The Bertz CT molecular complexity index is 46.6. The van der Waals surface area contributed by atoms with Crippen LogP contribution in [0.25, 0.3) is 0 Å². The van der Waals surface area contributed by atoms with Gasteiger partial charge in [0.05, 0.1) is 0 Å². The SMILES string of the molecule is CNC(C)(C)C.F.F.F.[B]. The molecule has 0 aliphatic rings. The summed E-state index contributed by atoms with van der Waals surface area (Å²) in [5.41, 5.74) is 0.292. The molecule has 65 valence electrons. The first-order chi connectivity index (χ1) is 2.56. The van der Waals surface area contributed by atoms with Crippen molar-refractivity contribution in [2.45, 2.75) is 26.3 Å². The maximum absolute atomic E-state index is 3.10. The van der Waals surface area contributed by atoms with Crippen molar-refractivity contribution in [1.82, 2.24) is 5.32 Å². The molecule has 0 aliphatic heterocycles. The Kier molecular flexibility index (Phi) is 38.1. The van der Waals surface area contributed by atoms with Gasteiger partial charge in [0.2, 0.25) is 0 Å². The highest BCUT2D eigenvalue weighted by molar-refractivity contribution is 5.75. The molecule has 0 bridgehead atoms. The molecule has 0 aromatic heterocycles. The summed E-state index contributed by atoms with van der Waals surface area (Å²) >= 11 is 0. The van der Waals surface area contributed by atoms with E-state index in [1.165, 1.54) is 0 Å². The highest BCUT2D eigenvalue weighted by atomic mass is 19.0. The molecule has 0 unspecified atom stereocenters. The molecule has 0 saturated carbocycles. The molecule has 0 rings (SSSR count). The average Bonchev–Trinajstić information content (AvgIpc) is 1.35. The molecule has 10 heavy (non-hydrogen) atoms. The van der Waals surface area contributed by atoms with Gasteiger partial charge < -0.3 is 5.32 Å². The third-order valence-electron chi connectivity index (χ3n) is 0.750. The molecule has 0 saturated heterocycles. The molecule has 5 heteroatoms. The van der Waals surface area contributed by atoms with E-state index in [1.807, 2.05) is 7.05 Å². The summed E-state index contributed by atoms with van der Waals surface area (Å²) in [6, 6.07) is 0. The third kappa shape index (κ3) is 45.8. The van der Waals surface area contributed by atoms with Gasteiger partial charge in [0.15, 0.2) is 0 Å². The number of halogens is 3. The van der Waals surface area contributed by atoms with Gasteiger partial charge in [-0.2, -0.15) is 0 Å². The maximum atomic E-state index is 3.10. The van der Waals surface area contributed by atoms with Crippen LogP contribution in [0, 0.1) is 0 Å². The maximum Gasteiger partial charge on any atom is 0.00935 e. The molecule has 0 spiro atoms. The van der Waals surface area contributed by atoms with Crippen LogP contribution in [-0.2, 0) is 0 Å². The Morgan fingerprint density at radius 2 is 1.00 bits per heavy atom. The highest BCUT2D eigenvalue weighted by Crippen LogP contribution is 1.93. The van der Waals surface area contributed by atoms with Crippen LogP contribution in [0.3, 0.4) is 0 Å². The Morgan fingerprint density at radius 3 is 1.00 bits per heavy atom. The summed E-state index contributed by atoms with van der Waals surface area (Å²) < 4.78 is 0. The lowest BCUT2D eigenvalue weighted by Gasteiger charge is -2.15. The second-order valence-electron chi connectivity index (χ2n) is 2.50. The molecule has 0 aliphatic carbocycles. The number of hydrogen-bond acceptors (Lipinski definition) is 1. The van der Waals surface area contributed by atoms with Gasteiger partial charge in [0.25, 0.3) is 0 Å². The molecule has 0 aromatic rings. The highest BCUT2D eigenvalue weighted by Gasteiger charge is 2.01. The van der Waals surface area contributed by atoms with Gasteiger partial charge in [-0.1, -0.05) is 0 Å². The number of nitrogens with one attached hydrogen (secondary N) is 1. The first kappa shape index (κ1) is 32.9. The van der Waals surface area contributed by atoms with Crippen LogP contribution in [-0.4, -0.2) is 21.0 Å². The van der Waals surface area contributed by atoms with E-state index in [0.717, 1.165) is 0 Å². The van der Waals surface area contributed by atoms with Crippen molar-refractivity contribution in [3.63, 3.8) is 0 Å². The van der Waals surface area contributed by atoms with Crippen molar-refractivity contribution >= 4 is 8.41 Å². The van der Waals surface area contributed by atoms with Crippen LogP contribution >= 0.6 is 0 Å². The fraction of sp³-hybridized carbons (Fsp3) is 1.00. The van der Waals surface area contributed by atoms with Crippen LogP contribution < -0.4 is 5.32 Å². The third-order valence-corrected chi connectivity index (χ3v) is 0.750. The monoisotopic (exact) mass is 158 g/mol. The molecule has 0 amide bonds. The fourth-order valence-corrected chi connectivity index (χ4v) is 0. The normalized spacial score (nSPS) is 7.20. The molecule has 0 heterocycles. The van der Waals surface area contributed by atoms with Crippen LogP contribution in [0.4, 0.5) is 14.1 Å². The van der Waals surface area contributed by atoms with Crippen molar-refractivity contribution in [3.05, 3.63) is 0 Å². The Morgan fingerprint density at radius 1 is 0.900 bits per heavy atom. The summed E-state index contributed by atoms with van der Waals surface area (Å²) in [4.78, 5) is 0. The predicted molar refractivity (Wildman–Crippen MR) is 42.1 cm³/mol. The van der Waals surface area contributed by atoms with Crippen LogP contribution in [0.15, 0.2) is 0 Å². The van der Waals surface area contributed by atoms with Gasteiger partial charge in [0, 0.05) is 14.0 Å².